The Morgan fingerprint density at radius 3 is 2.28 bits per heavy atom. The van der Waals surface area contributed by atoms with Gasteiger partial charge in [-0.1, -0.05) is 82.7 Å². The highest BCUT2D eigenvalue weighted by Gasteiger charge is 2.59. The molecule has 1 aromatic carbocycles. The molecule has 0 spiro atoms. The normalized spacial score (nSPS) is 32.0. The van der Waals surface area contributed by atoms with Crippen molar-refractivity contribution in [2.45, 2.75) is 87.5 Å². The summed E-state index contributed by atoms with van der Waals surface area (Å²) in [6, 6.07) is 4.69. The van der Waals surface area contributed by atoms with Crippen LogP contribution in [-0.2, 0) is 12.8 Å². The van der Waals surface area contributed by atoms with E-state index in [0.29, 0.717) is 0 Å². The number of aryl methyl sites for hydroxylation is 2. The van der Waals surface area contributed by atoms with Gasteiger partial charge in [-0.25, -0.2) is 0 Å². The van der Waals surface area contributed by atoms with Gasteiger partial charge in [-0.05, 0) is 109 Å². The van der Waals surface area contributed by atoms with Gasteiger partial charge in [0.1, 0.15) is 0 Å². The number of benzene rings is 1. The lowest BCUT2D eigenvalue weighted by Crippen LogP contribution is -2.52. The Morgan fingerprint density at radius 2 is 1.69 bits per heavy atom. The molecule has 0 nitrogen and oxygen atoms in total. The molecule has 0 fully saturated rings. The monoisotopic (exact) mass is 426 g/mol. The van der Waals surface area contributed by atoms with Crippen LogP contribution in [0.2, 0.25) is 0 Å². The van der Waals surface area contributed by atoms with Gasteiger partial charge in [-0.2, -0.15) is 0 Å². The highest BCUT2D eigenvalue weighted by molar-refractivity contribution is 5.87. The van der Waals surface area contributed by atoms with Crippen molar-refractivity contribution in [1.29, 1.82) is 0 Å². The van der Waals surface area contributed by atoms with Crippen molar-refractivity contribution in [3.63, 3.8) is 0 Å². The van der Waals surface area contributed by atoms with Crippen molar-refractivity contribution in [3.8, 4) is 0 Å². The molecule has 4 rings (SSSR count). The first-order chi connectivity index (χ1) is 14.8. The summed E-state index contributed by atoms with van der Waals surface area (Å²) in [6.07, 6.45) is 5.74. The molecule has 0 aliphatic heterocycles. The van der Waals surface area contributed by atoms with Gasteiger partial charge < -0.3 is 0 Å². The molecule has 0 heteroatoms. The van der Waals surface area contributed by atoms with E-state index in [4.69, 9.17) is 13.2 Å². The second-order valence-corrected chi connectivity index (χ2v) is 11.8. The molecule has 3 aliphatic rings. The Labute approximate surface area is 196 Å². The molecule has 3 atom stereocenters. The lowest BCUT2D eigenvalue weighted by molar-refractivity contribution is 0.0543. The molecular weight excluding hydrogens is 384 g/mol. The van der Waals surface area contributed by atoms with Crippen LogP contribution in [0.4, 0.5) is 0 Å². The Bertz CT molecular complexity index is 1130. The van der Waals surface area contributed by atoms with E-state index in [1.54, 1.807) is 5.56 Å². The number of hydrogen-bond acceptors (Lipinski definition) is 0. The molecule has 0 radical (unpaired) electrons. The first kappa shape index (κ1) is 23.1. The van der Waals surface area contributed by atoms with Gasteiger partial charge in [-0.15, -0.1) is 0 Å². The Hall–Kier alpha value is -2.08. The maximum absolute atomic E-state index is 4.77. The van der Waals surface area contributed by atoms with Crippen LogP contribution in [0.25, 0.3) is 5.57 Å². The van der Waals surface area contributed by atoms with Gasteiger partial charge in [-0.3, -0.25) is 0 Å². The van der Waals surface area contributed by atoms with Crippen LogP contribution in [0.15, 0.2) is 65.3 Å². The predicted molar refractivity (Wildman–Crippen MR) is 141 cm³/mol. The summed E-state index contributed by atoms with van der Waals surface area (Å²) >= 11 is 0. The van der Waals surface area contributed by atoms with E-state index >= 15 is 0 Å². The number of allylic oxidation sites excluding steroid dienone is 7. The fraction of sp³-hybridized carbons (Fsp3) is 0.500. The third-order valence-electron chi connectivity index (χ3n) is 9.44. The second kappa shape index (κ2) is 7.21. The Kier molecular flexibility index (Phi) is 5.20. The summed E-state index contributed by atoms with van der Waals surface area (Å²) in [5.74, 6) is 0. The van der Waals surface area contributed by atoms with Gasteiger partial charge in [0, 0.05) is 5.41 Å². The van der Waals surface area contributed by atoms with Gasteiger partial charge in [0.25, 0.3) is 0 Å². The smallest absolute Gasteiger partial charge is 0.0194 e. The fourth-order valence-electron chi connectivity index (χ4n) is 8.10. The van der Waals surface area contributed by atoms with Gasteiger partial charge >= 0.3 is 0 Å². The molecule has 0 saturated heterocycles. The van der Waals surface area contributed by atoms with E-state index in [-0.39, 0.29) is 16.2 Å². The van der Waals surface area contributed by atoms with E-state index in [9.17, 15) is 0 Å². The zero-order chi connectivity index (χ0) is 23.8. The summed E-state index contributed by atoms with van der Waals surface area (Å²) in [5.41, 5.74) is 15.5. The average molecular weight is 427 g/mol. The first-order valence-corrected chi connectivity index (χ1v) is 12.4. The Morgan fingerprint density at radius 1 is 1.03 bits per heavy atom. The van der Waals surface area contributed by atoms with Crippen LogP contribution < -0.4 is 0 Å². The number of rotatable bonds is 3. The second-order valence-electron chi connectivity index (χ2n) is 11.8. The zero-order valence-electron chi connectivity index (χ0n) is 21.8. The van der Waals surface area contributed by atoms with Crippen molar-refractivity contribution < 1.29 is 0 Å². The van der Waals surface area contributed by atoms with Crippen LogP contribution in [0.1, 0.15) is 90.0 Å². The van der Waals surface area contributed by atoms with Gasteiger partial charge in [0.05, 0.1) is 0 Å². The molecule has 0 heterocycles. The highest BCUT2D eigenvalue weighted by atomic mass is 14.6. The SMILES string of the molecule is C=C(C)C1=C(C)C[C@@]2(C)C[C@@]3(C)Cc4c(CCC)ccc(C)c4C(=C)C3=C(C)[C@@]2(C)C1=C. The van der Waals surface area contributed by atoms with Crippen molar-refractivity contribution in [2.24, 2.45) is 16.2 Å². The molecule has 0 unspecified atom stereocenters. The summed E-state index contributed by atoms with van der Waals surface area (Å²) in [5, 5.41) is 0. The molecule has 0 bridgehead atoms. The van der Waals surface area contributed by atoms with E-state index in [2.05, 4.69) is 74.1 Å². The summed E-state index contributed by atoms with van der Waals surface area (Å²) in [7, 11) is 0. The summed E-state index contributed by atoms with van der Waals surface area (Å²) in [6.45, 7) is 32.7. The van der Waals surface area contributed by atoms with Crippen LogP contribution in [0.5, 0.6) is 0 Å². The van der Waals surface area contributed by atoms with Crippen LogP contribution >= 0.6 is 0 Å². The molecule has 0 aromatic heterocycles. The third-order valence-corrected chi connectivity index (χ3v) is 9.44. The highest BCUT2D eigenvalue weighted by Crippen LogP contribution is 2.70. The largest absolute Gasteiger partial charge is 0.0955 e. The van der Waals surface area contributed by atoms with Gasteiger partial charge in [0.15, 0.2) is 0 Å². The maximum atomic E-state index is 4.77. The molecule has 3 aliphatic carbocycles. The number of fused-ring (bicyclic) bond motifs is 3. The minimum absolute atomic E-state index is 0.0784. The lowest BCUT2D eigenvalue weighted by Gasteiger charge is -2.62. The predicted octanol–water partition coefficient (Wildman–Crippen LogP) is 9.11. The van der Waals surface area contributed by atoms with E-state index in [1.165, 1.54) is 63.0 Å². The van der Waals surface area contributed by atoms with Crippen LogP contribution in [0, 0.1) is 23.2 Å². The van der Waals surface area contributed by atoms with Crippen molar-refractivity contribution >= 4 is 5.57 Å². The molecule has 1 aromatic rings. The van der Waals surface area contributed by atoms with E-state index < -0.39 is 0 Å². The molecule has 0 amide bonds. The van der Waals surface area contributed by atoms with Crippen LogP contribution in [0.3, 0.4) is 0 Å². The standard InChI is InChI=1S/C32H42/c1-12-13-25-15-14-20(4)28-22(6)29-24(8)32(11)23(7)27(19(2)3)21(5)16-31(32,10)18-30(29,9)17-26(25)28/h14-15H,2,6-7,12-13,16-18H2,1,3-5,8-11H3/t30-,31+,32-/m1/s1. The van der Waals surface area contributed by atoms with Crippen molar-refractivity contribution in [2.75, 3.05) is 0 Å². The van der Waals surface area contributed by atoms with E-state index in [1.807, 2.05) is 0 Å². The molecule has 170 valence electrons. The Balaban J connectivity index is 2.00. The minimum atomic E-state index is -0.0784. The van der Waals surface area contributed by atoms with Crippen molar-refractivity contribution in [3.05, 3.63) is 87.6 Å². The van der Waals surface area contributed by atoms with Gasteiger partial charge in [0.2, 0.25) is 0 Å². The zero-order valence-corrected chi connectivity index (χ0v) is 21.8. The molecular formula is C32H42. The summed E-state index contributed by atoms with van der Waals surface area (Å²) < 4.78 is 0. The summed E-state index contributed by atoms with van der Waals surface area (Å²) in [4.78, 5) is 0. The number of hydrogen-bond donors (Lipinski definition) is 0. The third kappa shape index (κ3) is 2.81. The lowest BCUT2D eigenvalue weighted by atomic mass is 9.41. The molecule has 0 N–H and O–H groups in total. The molecule has 32 heavy (non-hydrogen) atoms. The quantitative estimate of drug-likeness (QED) is 0.452. The fourth-order valence-corrected chi connectivity index (χ4v) is 8.10. The first-order valence-electron chi connectivity index (χ1n) is 12.4. The van der Waals surface area contributed by atoms with E-state index in [0.717, 1.165) is 24.8 Å². The van der Waals surface area contributed by atoms with Crippen molar-refractivity contribution in [1.82, 2.24) is 0 Å². The maximum Gasteiger partial charge on any atom is 0.0194 e. The molecule has 0 saturated carbocycles. The van der Waals surface area contributed by atoms with Crippen LogP contribution in [-0.4, -0.2) is 0 Å². The average Bonchev–Trinajstić information content (AvgIpc) is 2.66. The minimum Gasteiger partial charge on any atom is -0.0955 e. The topological polar surface area (TPSA) is 0 Å².